The minimum Gasteiger partial charge on any atom is -0.481 e. The van der Waals surface area contributed by atoms with Crippen molar-refractivity contribution in [2.24, 2.45) is 0 Å². The van der Waals surface area contributed by atoms with Crippen molar-refractivity contribution >= 4 is 41.6 Å². The van der Waals surface area contributed by atoms with E-state index in [1.54, 1.807) is 19.3 Å². The van der Waals surface area contributed by atoms with Gasteiger partial charge in [-0.15, -0.1) is 0 Å². The first-order valence-electron chi connectivity index (χ1n) is 18.7. The van der Waals surface area contributed by atoms with E-state index in [9.17, 15) is 44.1 Å². The molecule has 0 radical (unpaired) electrons. The predicted octanol–water partition coefficient (Wildman–Crippen LogP) is 1.15. The molecule has 1 aliphatic heterocycles. The predicted molar refractivity (Wildman–Crippen MR) is 201 cm³/mol. The fourth-order valence-corrected chi connectivity index (χ4v) is 6.57. The number of amides is 1. The number of fused-ring (bicyclic) bond motifs is 1. The third-order valence-electron chi connectivity index (χ3n) is 9.34. The number of carboxylic acids is 5. The second kappa shape index (κ2) is 23.6. The van der Waals surface area contributed by atoms with E-state index >= 15 is 0 Å². The molecule has 0 bridgehead atoms. The van der Waals surface area contributed by atoms with Crippen LogP contribution in [0, 0.1) is 6.92 Å². The Morgan fingerprint density at radius 2 is 1.30 bits per heavy atom. The van der Waals surface area contributed by atoms with Crippen molar-refractivity contribution < 1.29 is 54.3 Å². The standard InChI is InChI=1S/C37H54N8O11/c1-25-39-18-29(19-40-25)26(16-32(47)48)7-4-2-3-5-9-30-28(15-27-8-6-10-38-37(27)42-30)17-41-31(46)20-44(22-34(51)52)13-11-43(21-33(49)50)12-14-45(23-35(53)54)24-36(55)56/h15,18-19,26H,2-14,16-17,20-24H2,1H3,(H,38,42)(H,41,46)(H,47,48)(H,49,50)(H,51,52)(H,53,54)(H,55,56)/t26-/m0/s1. The van der Waals surface area contributed by atoms with Crippen LogP contribution in [0.5, 0.6) is 0 Å². The van der Waals surface area contributed by atoms with E-state index in [-0.39, 0.29) is 51.6 Å². The quantitative estimate of drug-likeness (QED) is 0.0596. The Hall–Kier alpha value is -5.27. The molecule has 308 valence electrons. The second-order valence-electron chi connectivity index (χ2n) is 14.0. The summed E-state index contributed by atoms with van der Waals surface area (Å²) >= 11 is 0. The summed E-state index contributed by atoms with van der Waals surface area (Å²) in [6.45, 7) is 0.356. The summed E-state index contributed by atoms with van der Waals surface area (Å²) in [6, 6.07) is 2.04. The van der Waals surface area contributed by atoms with Gasteiger partial charge in [0.05, 0.1) is 39.1 Å². The highest BCUT2D eigenvalue weighted by molar-refractivity contribution is 5.79. The van der Waals surface area contributed by atoms with Gasteiger partial charge in [0.2, 0.25) is 5.91 Å². The molecule has 1 amide bonds. The van der Waals surface area contributed by atoms with Crippen molar-refractivity contribution in [2.45, 2.75) is 77.2 Å². The van der Waals surface area contributed by atoms with Crippen LogP contribution in [0.3, 0.4) is 0 Å². The molecule has 1 aliphatic rings. The average Bonchev–Trinajstić information content (AvgIpc) is 3.11. The fraction of sp³-hybridized carbons (Fsp3) is 0.595. The molecule has 0 aliphatic carbocycles. The van der Waals surface area contributed by atoms with E-state index < -0.39 is 61.9 Å². The smallest absolute Gasteiger partial charge is 0.317 e. The van der Waals surface area contributed by atoms with Crippen LogP contribution in [-0.4, -0.2) is 156 Å². The Kier molecular flexibility index (Phi) is 19.0. The number of carboxylic acid groups (broad SMARTS) is 5. The molecule has 3 heterocycles. The Balaban J connectivity index is 1.58. The highest BCUT2D eigenvalue weighted by atomic mass is 16.4. The van der Waals surface area contributed by atoms with Crippen molar-refractivity contribution in [1.82, 2.24) is 35.0 Å². The number of hydrogen-bond acceptors (Lipinski definition) is 13. The van der Waals surface area contributed by atoms with E-state index in [2.05, 4.69) is 20.6 Å². The van der Waals surface area contributed by atoms with Crippen LogP contribution in [0.15, 0.2) is 18.5 Å². The highest BCUT2D eigenvalue weighted by Gasteiger charge is 2.21. The number of nitrogens with one attached hydrogen (secondary N) is 2. The third kappa shape index (κ3) is 17.5. The molecular formula is C37H54N8O11. The number of carbonyl (C=O) groups is 6. The number of pyridine rings is 1. The van der Waals surface area contributed by atoms with E-state index in [1.807, 2.05) is 6.07 Å². The van der Waals surface area contributed by atoms with Crippen LogP contribution in [0.1, 0.15) is 79.1 Å². The summed E-state index contributed by atoms with van der Waals surface area (Å²) in [6.07, 6.45) is 9.99. The average molecular weight is 787 g/mol. The molecule has 0 saturated heterocycles. The maximum absolute atomic E-state index is 13.2. The molecule has 0 unspecified atom stereocenters. The topological polar surface area (TPSA) is 276 Å². The third-order valence-corrected chi connectivity index (χ3v) is 9.34. The molecular weight excluding hydrogens is 732 g/mol. The molecule has 19 heteroatoms. The number of rotatable bonds is 28. The maximum Gasteiger partial charge on any atom is 0.317 e. The van der Waals surface area contributed by atoms with Crippen molar-refractivity contribution in [3.63, 3.8) is 0 Å². The Morgan fingerprint density at radius 3 is 1.89 bits per heavy atom. The number of aliphatic carboxylic acids is 5. The van der Waals surface area contributed by atoms with Gasteiger partial charge in [-0.3, -0.25) is 43.5 Å². The van der Waals surface area contributed by atoms with Crippen molar-refractivity contribution in [1.29, 1.82) is 0 Å². The molecule has 19 nitrogen and oxygen atoms in total. The molecule has 7 N–H and O–H groups in total. The lowest BCUT2D eigenvalue weighted by Gasteiger charge is -2.27. The zero-order valence-corrected chi connectivity index (χ0v) is 31.8. The van der Waals surface area contributed by atoms with Crippen LogP contribution in [-0.2, 0) is 48.2 Å². The molecule has 2 aromatic heterocycles. The van der Waals surface area contributed by atoms with E-state index in [4.69, 9.17) is 15.2 Å². The zero-order valence-electron chi connectivity index (χ0n) is 31.8. The summed E-state index contributed by atoms with van der Waals surface area (Å²) in [5.41, 5.74) is 3.56. The van der Waals surface area contributed by atoms with Gasteiger partial charge in [0, 0.05) is 57.4 Å². The normalized spacial score (nSPS) is 12.9. The van der Waals surface area contributed by atoms with Crippen LogP contribution >= 0.6 is 0 Å². The molecule has 56 heavy (non-hydrogen) atoms. The van der Waals surface area contributed by atoms with E-state index in [0.717, 1.165) is 78.2 Å². The van der Waals surface area contributed by atoms with Gasteiger partial charge in [0.1, 0.15) is 11.6 Å². The lowest BCUT2D eigenvalue weighted by atomic mass is 9.92. The number of unbranched alkanes of at least 4 members (excludes halogenated alkanes) is 3. The van der Waals surface area contributed by atoms with E-state index in [0.29, 0.717) is 18.7 Å². The summed E-state index contributed by atoms with van der Waals surface area (Å²) in [7, 11) is 0. The summed E-state index contributed by atoms with van der Waals surface area (Å²) in [5.74, 6) is -4.88. The first-order valence-corrected chi connectivity index (χ1v) is 18.7. The molecule has 0 saturated carbocycles. The van der Waals surface area contributed by atoms with Crippen LogP contribution in [0.4, 0.5) is 5.82 Å². The van der Waals surface area contributed by atoms with Gasteiger partial charge in [-0.2, -0.15) is 0 Å². The minimum absolute atomic E-state index is 0.00195. The van der Waals surface area contributed by atoms with Crippen molar-refractivity contribution in [3.05, 3.63) is 46.7 Å². The lowest BCUT2D eigenvalue weighted by molar-refractivity contribution is -0.143. The van der Waals surface area contributed by atoms with Crippen LogP contribution in [0.2, 0.25) is 0 Å². The molecule has 3 rings (SSSR count). The maximum atomic E-state index is 13.2. The number of anilines is 1. The Morgan fingerprint density at radius 1 is 0.750 bits per heavy atom. The fourth-order valence-electron chi connectivity index (χ4n) is 6.57. The number of nitrogens with zero attached hydrogens (tertiary/aromatic N) is 6. The zero-order chi connectivity index (χ0) is 41.0. The summed E-state index contributed by atoms with van der Waals surface area (Å²) in [5, 5.41) is 52.8. The monoisotopic (exact) mass is 786 g/mol. The largest absolute Gasteiger partial charge is 0.481 e. The van der Waals surface area contributed by atoms with Crippen LogP contribution < -0.4 is 10.6 Å². The molecule has 1 atom stereocenters. The molecule has 0 spiro atoms. The minimum atomic E-state index is -1.24. The van der Waals surface area contributed by atoms with E-state index in [1.165, 1.54) is 9.80 Å². The number of carbonyl (C=O) groups excluding carboxylic acids is 1. The lowest BCUT2D eigenvalue weighted by Crippen LogP contribution is -2.46. The molecule has 2 aromatic rings. The van der Waals surface area contributed by atoms with Gasteiger partial charge in [0.25, 0.3) is 0 Å². The SMILES string of the molecule is Cc1ncc([C@@H](CCCCCCc2nc3c(cc2CNC(=O)CN(CCN(CCN(CC(=O)O)CC(=O)O)CC(=O)O)CC(=O)O)CCCN3)CC(=O)O)cn1. The number of hydrogen-bond donors (Lipinski definition) is 7. The van der Waals surface area contributed by atoms with Crippen LogP contribution in [0.25, 0.3) is 0 Å². The summed E-state index contributed by atoms with van der Waals surface area (Å²) in [4.78, 5) is 87.5. The van der Waals surface area contributed by atoms with Gasteiger partial charge in [-0.25, -0.2) is 15.0 Å². The molecule has 0 fully saturated rings. The van der Waals surface area contributed by atoms with Gasteiger partial charge >= 0.3 is 29.8 Å². The Bertz CT molecular complexity index is 1630. The van der Waals surface area contributed by atoms with Gasteiger partial charge in [-0.1, -0.05) is 19.3 Å². The molecule has 0 aromatic carbocycles. The number of aromatic nitrogens is 3. The first-order chi connectivity index (χ1) is 26.7. The second-order valence-corrected chi connectivity index (χ2v) is 14.0. The highest BCUT2D eigenvalue weighted by Crippen LogP contribution is 2.27. The van der Waals surface area contributed by atoms with Crippen molar-refractivity contribution in [2.75, 3.05) is 70.8 Å². The summed E-state index contributed by atoms with van der Waals surface area (Å²) < 4.78 is 0. The first kappa shape index (κ1) is 45.1. The number of aryl methyl sites for hydroxylation is 3. The van der Waals surface area contributed by atoms with Gasteiger partial charge < -0.3 is 36.2 Å². The van der Waals surface area contributed by atoms with Gasteiger partial charge in [-0.05, 0) is 67.7 Å². The van der Waals surface area contributed by atoms with Crippen molar-refractivity contribution in [3.8, 4) is 0 Å². The van der Waals surface area contributed by atoms with Gasteiger partial charge in [0.15, 0.2) is 0 Å². The Labute approximate surface area is 325 Å².